The van der Waals surface area contributed by atoms with E-state index in [4.69, 9.17) is 11.1 Å². The average molecular weight is 541 g/mol. The Hall–Kier alpha value is -3.63. The number of carboxylic acids is 1. The van der Waals surface area contributed by atoms with Crippen molar-refractivity contribution in [2.75, 3.05) is 39.3 Å². The predicted octanol–water partition coefficient (Wildman–Crippen LogP) is 1.96. The molecule has 0 saturated carbocycles. The van der Waals surface area contributed by atoms with Crippen LogP contribution in [0.4, 0.5) is 4.79 Å². The van der Waals surface area contributed by atoms with Gasteiger partial charge in [0.2, 0.25) is 11.8 Å². The number of likely N-dealkylation sites (tertiary alicyclic amines) is 2. The molecule has 3 aliphatic heterocycles. The molecule has 3 aliphatic rings. The number of nitrogens with zero attached hydrogens (tertiary/aromatic N) is 4. The molecule has 0 aliphatic carbocycles. The second-order valence-corrected chi connectivity index (χ2v) is 10.9. The van der Waals surface area contributed by atoms with Gasteiger partial charge >= 0.3 is 12.0 Å². The third-order valence-corrected chi connectivity index (χ3v) is 8.22. The molecular formula is C28H40N6O5. The summed E-state index contributed by atoms with van der Waals surface area (Å²) in [6.45, 7) is 2.50. The topological polar surface area (TPSA) is 151 Å². The Labute approximate surface area is 229 Å². The number of nitrogens with one attached hydrogen (secondary N) is 1. The number of guanidine groups is 1. The summed E-state index contributed by atoms with van der Waals surface area (Å²) in [7, 11) is 0. The van der Waals surface area contributed by atoms with Gasteiger partial charge in [0.1, 0.15) is 0 Å². The molecule has 4 rings (SSSR count). The third kappa shape index (κ3) is 6.88. The van der Waals surface area contributed by atoms with E-state index in [1.807, 2.05) is 18.2 Å². The second kappa shape index (κ2) is 12.9. The number of hydrogen-bond acceptors (Lipinski definition) is 5. The quantitative estimate of drug-likeness (QED) is 0.187. The maximum atomic E-state index is 13.1. The van der Waals surface area contributed by atoms with E-state index in [1.54, 1.807) is 9.80 Å². The van der Waals surface area contributed by atoms with Crippen LogP contribution in [0.15, 0.2) is 30.3 Å². The summed E-state index contributed by atoms with van der Waals surface area (Å²) >= 11 is 0. The summed E-state index contributed by atoms with van der Waals surface area (Å²) < 4.78 is 0. The van der Waals surface area contributed by atoms with Crippen molar-refractivity contribution in [1.29, 1.82) is 5.41 Å². The molecule has 212 valence electrons. The zero-order valence-corrected chi connectivity index (χ0v) is 22.5. The number of aryl methyl sites for hydroxylation is 1. The highest BCUT2D eigenvalue weighted by Crippen LogP contribution is 2.36. The molecule has 1 aromatic carbocycles. The van der Waals surface area contributed by atoms with Gasteiger partial charge in [0, 0.05) is 45.7 Å². The lowest BCUT2D eigenvalue weighted by atomic mass is 9.78. The molecule has 0 bridgehead atoms. The molecule has 39 heavy (non-hydrogen) atoms. The smallest absolute Gasteiger partial charge is 0.327 e. The van der Waals surface area contributed by atoms with Gasteiger partial charge in [0.05, 0.1) is 5.92 Å². The first kappa shape index (κ1) is 28.4. The van der Waals surface area contributed by atoms with Crippen LogP contribution in [0.2, 0.25) is 0 Å². The van der Waals surface area contributed by atoms with Crippen molar-refractivity contribution in [2.45, 2.75) is 57.4 Å². The lowest BCUT2D eigenvalue weighted by Gasteiger charge is -2.47. The van der Waals surface area contributed by atoms with Gasteiger partial charge in [0.15, 0.2) is 12.0 Å². The van der Waals surface area contributed by atoms with Crippen molar-refractivity contribution in [2.24, 2.45) is 17.6 Å². The van der Waals surface area contributed by atoms with E-state index < -0.39 is 29.9 Å². The Kier molecular flexibility index (Phi) is 9.42. The number of β-lactam (4-membered cyclic amide) rings is 1. The molecule has 0 aromatic heterocycles. The van der Waals surface area contributed by atoms with Crippen LogP contribution < -0.4 is 5.73 Å². The van der Waals surface area contributed by atoms with Crippen LogP contribution in [0.3, 0.4) is 0 Å². The lowest BCUT2D eigenvalue weighted by molar-refractivity contribution is -0.167. The molecule has 3 fully saturated rings. The van der Waals surface area contributed by atoms with Gasteiger partial charge in [-0.25, -0.2) is 14.5 Å². The van der Waals surface area contributed by atoms with Gasteiger partial charge in [-0.05, 0) is 50.0 Å². The molecule has 3 saturated heterocycles. The minimum absolute atomic E-state index is 0.0214. The highest BCUT2D eigenvalue weighted by molar-refractivity contribution is 6.07. The molecule has 11 heteroatoms. The summed E-state index contributed by atoms with van der Waals surface area (Å²) in [4.78, 5) is 56.6. The van der Waals surface area contributed by atoms with Gasteiger partial charge in [-0.15, -0.1) is 0 Å². The van der Waals surface area contributed by atoms with Crippen LogP contribution in [0.25, 0.3) is 0 Å². The van der Waals surface area contributed by atoms with Crippen molar-refractivity contribution in [3.8, 4) is 0 Å². The zero-order chi connectivity index (χ0) is 27.9. The van der Waals surface area contributed by atoms with E-state index in [0.29, 0.717) is 39.0 Å². The van der Waals surface area contributed by atoms with Gasteiger partial charge in [-0.1, -0.05) is 36.8 Å². The zero-order valence-electron chi connectivity index (χ0n) is 22.5. The summed E-state index contributed by atoms with van der Waals surface area (Å²) in [6.07, 6.45) is 6.31. The standard InChI is InChI=1S/C28H40N6O5/c29-27(30)33-13-7-11-21(19-33)18-22-24(26(37)38)34(25(22)36)28(39)32-16-14-31(15-17-32)23(35)12-6-2-5-10-20-8-3-1-4-9-20/h1,3-4,8-9,21-22,24H,2,5-7,10-19H2,(H3,29,30)(H,37,38)/t21-,22+,24?/m0/s1. The maximum Gasteiger partial charge on any atom is 0.327 e. The van der Waals surface area contributed by atoms with Crippen molar-refractivity contribution in [3.63, 3.8) is 0 Å². The van der Waals surface area contributed by atoms with Crippen LogP contribution >= 0.6 is 0 Å². The Bertz CT molecular complexity index is 1060. The van der Waals surface area contributed by atoms with Crippen LogP contribution in [0.5, 0.6) is 0 Å². The van der Waals surface area contributed by atoms with Crippen LogP contribution in [0, 0.1) is 17.2 Å². The number of piperazine rings is 1. The molecule has 1 aromatic rings. The van der Waals surface area contributed by atoms with Crippen molar-refractivity contribution in [3.05, 3.63) is 35.9 Å². The van der Waals surface area contributed by atoms with E-state index in [9.17, 15) is 24.3 Å². The number of benzene rings is 1. The molecule has 1 unspecified atom stereocenters. The second-order valence-electron chi connectivity index (χ2n) is 10.9. The molecule has 3 atom stereocenters. The Morgan fingerprint density at radius 1 is 0.949 bits per heavy atom. The predicted molar refractivity (Wildman–Crippen MR) is 145 cm³/mol. The normalized spacial score (nSPS) is 23.4. The highest BCUT2D eigenvalue weighted by atomic mass is 16.4. The Morgan fingerprint density at radius 3 is 2.31 bits per heavy atom. The van der Waals surface area contributed by atoms with E-state index >= 15 is 0 Å². The number of piperidine rings is 1. The Morgan fingerprint density at radius 2 is 1.64 bits per heavy atom. The van der Waals surface area contributed by atoms with Gasteiger partial charge in [0.25, 0.3) is 0 Å². The fourth-order valence-electron chi connectivity index (χ4n) is 5.99. The largest absolute Gasteiger partial charge is 0.480 e. The van der Waals surface area contributed by atoms with E-state index in [1.165, 1.54) is 10.5 Å². The average Bonchev–Trinajstić information content (AvgIpc) is 2.94. The molecular weight excluding hydrogens is 500 g/mol. The molecule has 4 amide bonds. The summed E-state index contributed by atoms with van der Waals surface area (Å²) in [5.74, 6) is -2.31. The van der Waals surface area contributed by atoms with Gasteiger partial charge < -0.3 is 25.5 Å². The van der Waals surface area contributed by atoms with Crippen LogP contribution in [-0.4, -0.2) is 99.8 Å². The summed E-state index contributed by atoms with van der Waals surface area (Å²) in [6, 6.07) is 8.50. The van der Waals surface area contributed by atoms with E-state index in [2.05, 4.69) is 12.1 Å². The monoisotopic (exact) mass is 540 g/mol. The van der Waals surface area contributed by atoms with Gasteiger partial charge in [-0.2, -0.15) is 0 Å². The SMILES string of the molecule is N=C(N)N1CCC[C@@H](C[C@H]2C(=O)N(C(=O)N3CCN(C(=O)CCCCCc4ccccc4)CC3)C2C(=O)O)C1. The number of aliphatic carboxylic acids is 1. The number of hydrogen-bond donors (Lipinski definition) is 3. The number of carbonyl (C=O) groups is 4. The Balaban J connectivity index is 1.20. The van der Waals surface area contributed by atoms with E-state index in [0.717, 1.165) is 43.4 Å². The first-order chi connectivity index (χ1) is 18.8. The van der Waals surface area contributed by atoms with Crippen molar-refractivity contribution >= 4 is 29.8 Å². The number of carboxylic acid groups (broad SMARTS) is 1. The fraction of sp³-hybridized carbons (Fsp3) is 0.607. The number of carbonyl (C=O) groups excluding carboxylic acids is 3. The number of amides is 4. The highest BCUT2D eigenvalue weighted by Gasteiger charge is 2.56. The molecule has 11 nitrogen and oxygen atoms in total. The summed E-state index contributed by atoms with van der Waals surface area (Å²) in [5, 5.41) is 17.5. The number of rotatable bonds is 9. The molecule has 3 heterocycles. The van der Waals surface area contributed by atoms with Gasteiger partial charge in [-0.3, -0.25) is 15.0 Å². The minimum Gasteiger partial charge on any atom is -0.480 e. The number of urea groups is 1. The molecule has 4 N–H and O–H groups in total. The van der Waals surface area contributed by atoms with E-state index in [-0.39, 0.29) is 30.9 Å². The maximum absolute atomic E-state index is 13.1. The number of unbranched alkanes of at least 4 members (excludes halogenated alkanes) is 2. The first-order valence-electron chi connectivity index (χ1n) is 14.0. The van der Waals surface area contributed by atoms with Crippen molar-refractivity contribution in [1.82, 2.24) is 19.6 Å². The van der Waals surface area contributed by atoms with Crippen LogP contribution in [-0.2, 0) is 20.8 Å². The summed E-state index contributed by atoms with van der Waals surface area (Å²) in [5.41, 5.74) is 6.90. The number of imide groups is 1. The van der Waals surface area contributed by atoms with Crippen molar-refractivity contribution < 1.29 is 24.3 Å². The lowest BCUT2D eigenvalue weighted by Crippen LogP contribution is -2.70. The minimum atomic E-state index is -1.19. The molecule has 0 radical (unpaired) electrons. The fourth-order valence-corrected chi connectivity index (χ4v) is 5.99. The third-order valence-electron chi connectivity index (χ3n) is 8.22. The first-order valence-corrected chi connectivity index (χ1v) is 14.0. The van der Waals surface area contributed by atoms with Crippen LogP contribution in [0.1, 0.15) is 50.5 Å². The number of nitrogens with two attached hydrogens (primary N) is 1. The molecule has 0 spiro atoms.